The van der Waals surface area contributed by atoms with Crippen LogP contribution in [0.4, 0.5) is 0 Å². The smallest absolute Gasteiger partial charge is 0.0722 e. The van der Waals surface area contributed by atoms with Gasteiger partial charge in [-0.1, -0.05) is 35.9 Å². The minimum atomic E-state index is 0.714. The van der Waals surface area contributed by atoms with Gasteiger partial charge in [-0.3, -0.25) is 5.10 Å². The number of H-pyrrole nitrogens is 1. The lowest BCUT2D eigenvalue weighted by molar-refractivity contribution is 1.10. The summed E-state index contributed by atoms with van der Waals surface area (Å²) in [5.41, 5.74) is 3.12. The van der Waals surface area contributed by atoms with Crippen LogP contribution in [0, 0.1) is 0 Å². The second-order valence-electron chi connectivity index (χ2n) is 3.29. The molecule has 0 aliphatic heterocycles. The quantitative estimate of drug-likeness (QED) is 0.800. The third kappa shape index (κ3) is 2.49. The number of thiol groups is 1. The fourth-order valence-corrected chi connectivity index (χ4v) is 1.68. The van der Waals surface area contributed by atoms with Crippen molar-refractivity contribution in [2.24, 2.45) is 0 Å². The standard InChI is InChI=1S/C12H11ClN2S/c13-11-5-3-9(4-6-11)12-10(2-1-7-16)8-14-15-12/h1-6,8,16H,7H2,(H,14,15). The molecule has 0 spiro atoms. The predicted octanol–water partition coefficient (Wildman–Crippen LogP) is 3.67. The molecule has 2 nitrogen and oxygen atoms in total. The van der Waals surface area contributed by atoms with E-state index in [0.717, 1.165) is 21.8 Å². The summed E-state index contributed by atoms with van der Waals surface area (Å²) in [7, 11) is 0. The zero-order valence-electron chi connectivity index (χ0n) is 8.52. The van der Waals surface area contributed by atoms with Crippen molar-refractivity contribution in [1.29, 1.82) is 0 Å². The minimum absolute atomic E-state index is 0.714. The second-order valence-corrected chi connectivity index (χ2v) is 4.09. The molecule has 0 aliphatic carbocycles. The summed E-state index contributed by atoms with van der Waals surface area (Å²) < 4.78 is 0. The van der Waals surface area contributed by atoms with Crippen molar-refractivity contribution < 1.29 is 0 Å². The van der Waals surface area contributed by atoms with Gasteiger partial charge < -0.3 is 0 Å². The van der Waals surface area contributed by atoms with Gasteiger partial charge in [0.2, 0.25) is 0 Å². The van der Waals surface area contributed by atoms with Crippen molar-refractivity contribution >= 4 is 30.3 Å². The highest BCUT2D eigenvalue weighted by atomic mass is 35.5. The van der Waals surface area contributed by atoms with Crippen molar-refractivity contribution in [2.45, 2.75) is 0 Å². The third-order valence-electron chi connectivity index (χ3n) is 2.20. The molecule has 0 saturated carbocycles. The zero-order chi connectivity index (χ0) is 11.4. The molecule has 0 atom stereocenters. The lowest BCUT2D eigenvalue weighted by atomic mass is 10.1. The Balaban J connectivity index is 2.36. The Morgan fingerprint density at radius 3 is 2.75 bits per heavy atom. The topological polar surface area (TPSA) is 28.7 Å². The highest BCUT2D eigenvalue weighted by molar-refractivity contribution is 7.80. The van der Waals surface area contributed by atoms with Gasteiger partial charge in [-0.05, 0) is 12.1 Å². The molecule has 2 aromatic rings. The molecule has 0 fully saturated rings. The average Bonchev–Trinajstić information content (AvgIpc) is 2.75. The average molecular weight is 251 g/mol. The summed E-state index contributed by atoms with van der Waals surface area (Å²) in [6, 6.07) is 7.66. The van der Waals surface area contributed by atoms with Gasteiger partial charge in [0.1, 0.15) is 0 Å². The molecular formula is C12H11ClN2S. The molecule has 1 heterocycles. The van der Waals surface area contributed by atoms with Crippen LogP contribution in [0.3, 0.4) is 0 Å². The van der Waals surface area contributed by atoms with E-state index in [4.69, 9.17) is 11.6 Å². The predicted molar refractivity (Wildman–Crippen MR) is 71.9 cm³/mol. The molecule has 82 valence electrons. The van der Waals surface area contributed by atoms with Gasteiger partial charge in [-0.25, -0.2) is 0 Å². The number of hydrogen-bond donors (Lipinski definition) is 2. The Kier molecular flexibility index (Phi) is 3.70. The molecule has 0 unspecified atom stereocenters. The largest absolute Gasteiger partial charge is 0.277 e. The highest BCUT2D eigenvalue weighted by Gasteiger charge is 2.04. The maximum atomic E-state index is 5.85. The lowest BCUT2D eigenvalue weighted by Crippen LogP contribution is -1.80. The van der Waals surface area contributed by atoms with Crippen molar-refractivity contribution in [3.63, 3.8) is 0 Å². The van der Waals surface area contributed by atoms with Crippen LogP contribution in [0.15, 0.2) is 36.5 Å². The Hall–Kier alpha value is -1.19. The molecule has 2 rings (SSSR count). The van der Waals surface area contributed by atoms with E-state index in [9.17, 15) is 0 Å². The molecule has 16 heavy (non-hydrogen) atoms. The summed E-state index contributed by atoms with van der Waals surface area (Å²) >= 11 is 9.98. The first-order chi connectivity index (χ1) is 7.81. The van der Waals surface area contributed by atoms with Crippen LogP contribution in [0.5, 0.6) is 0 Å². The van der Waals surface area contributed by atoms with Crippen LogP contribution >= 0.6 is 24.2 Å². The van der Waals surface area contributed by atoms with Crippen LogP contribution < -0.4 is 0 Å². The number of hydrogen-bond acceptors (Lipinski definition) is 2. The lowest BCUT2D eigenvalue weighted by Gasteiger charge is -1.99. The zero-order valence-corrected chi connectivity index (χ0v) is 10.2. The number of aromatic nitrogens is 2. The summed E-state index contributed by atoms with van der Waals surface area (Å²) in [5, 5.41) is 7.75. The van der Waals surface area contributed by atoms with Gasteiger partial charge in [0.05, 0.1) is 11.9 Å². The molecule has 0 radical (unpaired) electrons. The van der Waals surface area contributed by atoms with Crippen LogP contribution in [0.2, 0.25) is 5.02 Å². The number of rotatable bonds is 3. The Bertz CT molecular complexity index is 488. The summed E-state index contributed by atoms with van der Waals surface area (Å²) in [6.07, 6.45) is 5.78. The van der Waals surface area contributed by atoms with E-state index in [-0.39, 0.29) is 0 Å². The van der Waals surface area contributed by atoms with Crippen molar-refractivity contribution in [1.82, 2.24) is 10.2 Å². The minimum Gasteiger partial charge on any atom is -0.277 e. The van der Waals surface area contributed by atoms with Gasteiger partial charge in [0, 0.05) is 21.9 Å². The van der Waals surface area contributed by atoms with Gasteiger partial charge >= 0.3 is 0 Å². The van der Waals surface area contributed by atoms with E-state index in [1.807, 2.05) is 36.4 Å². The van der Waals surface area contributed by atoms with Crippen LogP contribution in [-0.4, -0.2) is 16.0 Å². The molecular weight excluding hydrogens is 240 g/mol. The van der Waals surface area contributed by atoms with Crippen LogP contribution in [-0.2, 0) is 0 Å². The van der Waals surface area contributed by atoms with E-state index in [1.54, 1.807) is 6.20 Å². The summed E-state index contributed by atoms with van der Waals surface area (Å²) in [6.45, 7) is 0. The fourth-order valence-electron chi connectivity index (χ4n) is 1.45. The molecule has 0 amide bonds. The fraction of sp³-hybridized carbons (Fsp3) is 0.0833. The van der Waals surface area contributed by atoms with Crippen LogP contribution in [0.1, 0.15) is 5.56 Å². The molecule has 1 aromatic heterocycles. The van der Waals surface area contributed by atoms with E-state index in [1.165, 1.54) is 0 Å². The van der Waals surface area contributed by atoms with E-state index in [2.05, 4.69) is 22.8 Å². The van der Waals surface area contributed by atoms with E-state index < -0.39 is 0 Å². The van der Waals surface area contributed by atoms with Gasteiger partial charge in [0.15, 0.2) is 0 Å². The molecule has 1 N–H and O–H groups in total. The normalized spacial score (nSPS) is 11.1. The highest BCUT2D eigenvalue weighted by Crippen LogP contribution is 2.23. The van der Waals surface area contributed by atoms with Gasteiger partial charge in [0.25, 0.3) is 0 Å². The second kappa shape index (κ2) is 5.23. The van der Waals surface area contributed by atoms with Crippen LogP contribution in [0.25, 0.3) is 17.3 Å². The molecule has 0 aliphatic rings. The van der Waals surface area contributed by atoms with E-state index in [0.29, 0.717) is 5.75 Å². The summed E-state index contributed by atoms with van der Waals surface area (Å²) in [5.74, 6) is 0.714. The Morgan fingerprint density at radius 2 is 2.06 bits per heavy atom. The molecule has 0 saturated heterocycles. The molecule has 4 heteroatoms. The van der Waals surface area contributed by atoms with Crippen molar-refractivity contribution in [2.75, 3.05) is 5.75 Å². The van der Waals surface area contributed by atoms with Crippen molar-refractivity contribution in [3.05, 3.63) is 47.1 Å². The summed E-state index contributed by atoms with van der Waals surface area (Å²) in [4.78, 5) is 0. The van der Waals surface area contributed by atoms with Gasteiger partial charge in [-0.2, -0.15) is 17.7 Å². The Labute approximate surface area is 105 Å². The number of nitrogens with one attached hydrogen (secondary N) is 1. The molecule has 0 bridgehead atoms. The number of nitrogens with zero attached hydrogens (tertiary/aromatic N) is 1. The van der Waals surface area contributed by atoms with E-state index >= 15 is 0 Å². The monoisotopic (exact) mass is 250 g/mol. The first kappa shape index (κ1) is 11.3. The maximum absolute atomic E-state index is 5.85. The maximum Gasteiger partial charge on any atom is 0.0722 e. The SMILES string of the molecule is SCC=Cc1cn[nH]c1-c1ccc(Cl)cc1. The first-order valence-electron chi connectivity index (χ1n) is 4.88. The first-order valence-corrected chi connectivity index (χ1v) is 5.89. The van der Waals surface area contributed by atoms with Gasteiger partial charge in [-0.15, -0.1) is 0 Å². The number of benzene rings is 1. The Morgan fingerprint density at radius 1 is 1.31 bits per heavy atom. The molecule has 1 aromatic carbocycles. The third-order valence-corrected chi connectivity index (χ3v) is 2.67. The number of halogens is 1. The number of aromatic amines is 1. The van der Waals surface area contributed by atoms with Crippen molar-refractivity contribution in [3.8, 4) is 11.3 Å².